The first-order valence-electron chi connectivity index (χ1n) is 8.14. The molecule has 0 amide bonds. The van der Waals surface area contributed by atoms with Crippen molar-refractivity contribution in [1.82, 2.24) is 0 Å². The van der Waals surface area contributed by atoms with E-state index in [4.69, 9.17) is 16.3 Å². The zero-order chi connectivity index (χ0) is 17.6. The number of non-ortho nitro benzene ring substituents is 1. The fraction of sp³-hybridized carbons (Fsp3) is 0.263. The molecule has 2 aliphatic rings. The molecule has 128 valence electrons. The largest absolute Gasteiger partial charge is 0.495 e. The van der Waals surface area contributed by atoms with Gasteiger partial charge in [0.05, 0.1) is 23.8 Å². The number of fused-ring (bicyclic) bond motifs is 3. The van der Waals surface area contributed by atoms with Gasteiger partial charge in [-0.2, -0.15) is 0 Å². The SMILES string of the molecule is COc1ccc(Cl)c2c1N[C@@H](c1cccc([N+](=O)[O-])c1)[C@H]1CC=C[C@@H]21. The first-order chi connectivity index (χ1) is 12.1. The fourth-order valence-electron chi connectivity index (χ4n) is 3.97. The first-order valence-corrected chi connectivity index (χ1v) is 8.52. The lowest BCUT2D eigenvalue weighted by atomic mass is 9.77. The predicted molar refractivity (Wildman–Crippen MR) is 97.5 cm³/mol. The monoisotopic (exact) mass is 356 g/mol. The lowest BCUT2D eigenvalue weighted by Crippen LogP contribution is -2.29. The second-order valence-corrected chi connectivity index (χ2v) is 6.77. The van der Waals surface area contributed by atoms with Gasteiger partial charge in [0.1, 0.15) is 5.75 Å². The van der Waals surface area contributed by atoms with E-state index in [1.807, 2.05) is 18.2 Å². The third-order valence-electron chi connectivity index (χ3n) is 5.09. The zero-order valence-corrected chi connectivity index (χ0v) is 14.4. The van der Waals surface area contributed by atoms with Gasteiger partial charge in [0, 0.05) is 28.6 Å². The number of benzene rings is 2. The van der Waals surface area contributed by atoms with Crippen molar-refractivity contribution >= 4 is 23.0 Å². The predicted octanol–water partition coefficient (Wildman–Crippen LogP) is 5.08. The Morgan fingerprint density at radius 2 is 2.16 bits per heavy atom. The Kier molecular flexibility index (Phi) is 3.88. The van der Waals surface area contributed by atoms with Crippen molar-refractivity contribution in [1.29, 1.82) is 0 Å². The van der Waals surface area contributed by atoms with E-state index in [2.05, 4.69) is 17.5 Å². The number of methoxy groups -OCH3 is 1. The fourth-order valence-corrected chi connectivity index (χ4v) is 4.25. The van der Waals surface area contributed by atoms with Gasteiger partial charge in [0.15, 0.2) is 0 Å². The van der Waals surface area contributed by atoms with Gasteiger partial charge in [0.25, 0.3) is 5.69 Å². The number of nitro benzene ring substituents is 1. The van der Waals surface area contributed by atoms with E-state index in [-0.39, 0.29) is 28.5 Å². The summed E-state index contributed by atoms with van der Waals surface area (Å²) in [6.07, 6.45) is 5.24. The summed E-state index contributed by atoms with van der Waals surface area (Å²) < 4.78 is 5.51. The molecular weight excluding hydrogens is 340 g/mol. The van der Waals surface area contributed by atoms with E-state index in [0.29, 0.717) is 5.02 Å². The summed E-state index contributed by atoms with van der Waals surface area (Å²) >= 11 is 6.48. The van der Waals surface area contributed by atoms with Gasteiger partial charge in [0.2, 0.25) is 0 Å². The molecule has 0 radical (unpaired) electrons. The molecule has 0 fully saturated rings. The second-order valence-electron chi connectivity index (χ2n) is 6.37. The van der Waals surface area contributed by atoms with Crippen LogP contribution < -0.4 is 10.1 Å². The van der Waals surface area contributed by atoms with Crippen LogP contribution in [0.25, 0.3) is 0 Å². The quantitative estimate of drug-likeness (QED) is 0.473. The Morgan fingerprint density at radius 1 is 1.32 bits per heavy atom. The Balaban J connectivity index is 1.84. The summed E-state index contributed by atoms with van der Waals surface area (Å²) in [5.74, 6) is 1.16. The number of halogens is 1. The first kappa shape index (κ1) is 16.0. The maximum absolute atomic E-state index is 11.1. The third kappa shape index (κ3) is 2.55. The molecule has 0 bridgehead atoms. The van der Waals surface area contributed by atoms with Crippen LogP contribution in [-0.4, -0.2) is 12.0 Å². The molecule has 0 saturated carbocycles. The average Bonchev–Trinajstić information content (AvgIpc) is 3.11. The van der Waals surface area contributed by atoms with Crippen molar-refractivity contribution in [3.8, 4) is 5.75 Å². The zero-order valence-electron chi connectivity index (χ0n) is 13.6. The minimum Gasteiger partial charge on any atom is -0.495 e. The molecule has 1 aliphatic heterocycles. The lowest BCUT2D eigenvalue weighted by molar-refractivity contribution is -0.384. The van der Waals surface area contributed by atoms with Gasteiger partial charge in [-0.1, -0.05) is 35.9 Å². The van der Waals surface area contributed by atoms with E-state index in [9.17, 15) is 10.1 Å². The van der Waals surface area contributed by atoms with Crippen molar-refractivity contribution < 1.29 is 9.66 Å². The van der Waals surface area contributed by atoms with Crippen molar-refractivity contribution in [3.63, 3.8) is 0 Å². The topological polar surface area (TPSA) is 64.4 Å². The van der Waals surface area contributed by atoms with Crippen LogP contribution in [0.3, 0.4) is 0 Å². The molecule has 2 aromatic rings. The van der Waals surface area contributed by atoms with E-state index in [1.165, 1.54) is 6.07 Å². The summed E-state index contributed by atoms with van der Waals surface area (Å²) in [5.41, 5.74) is 2.92. The molecule has 25 heavy (non-hydrogen) atoms. The highest BCUT2D eigenvalue weighted by Gasteiger charge is 2.40. The highest BCUT2D eigenvalue weighted by atomic mass is 35.5. The molecule has 5 nitrogen and oxygen atoms in total. The van der Waals surface area contributed by atoms with Gasteiger partial charge < -0.3 is 10.1 Å². The molecule has 0 saturated heterocycles. The molecule has 6 heteroatoms. The van der Waals surface area contributed by atoms with Crippen molar-refractivity contribution in [2.75, 3.05) is 12.4 Å². The lowest BCUT2D eigenvalue weighted by Gasteiger charge is -2.38. The van der Waals surface area contributed by atoms with Crippen LogP contribution >= 0.6 is 11.6 Å². The molecule has 3 atom stereocenters. The highest BCUT2D eigenvalue weighted by Crippen LogP contribution is 2.54. The Labute approximate surface area is 150 Å². The van der Waals surface area contributed by atoms with Crippen LogP contribution in [0.5, 0.6) is 5.75 Å². The maximum Gasteiger partial charge on any atom is 0.269 e. The van der Waals surface area contributed by atoms with E-state index < -0.39 is 0 Å². The maximum atomic E-state index is 11.1. The summed E-state index contributed by atoms with van der Waals surface area (Å²) in [7, 11) is 1.63. The molecule has 1 heterocycles. The third-order valence-corrected chi connectivity index (χ3v) is 5.42. The summed E-state index contributed by atoms with van der Waals surface area (Å²) in [6, 6.07) is 10.5. The summed E-state index contributed by atoms with van der Waals surface area (Å²) in [6.45, 7) is 0. The molecule has 2 aromatic carbocycles. The molecular formula is C19H17ClN2O3. The number of rotatable bonds is 3. The van der Waals surface area contributed by atoms with E-state index in [1.54, 1.807) is 19.2 Å². The minimum absolute atomic E-state index is 0.0419. The van der Waals surface area contributed by atoms with Crippen LogP contribution in [0.2, 0.25) is 5.02 Å². The van der Waals surface area contributed by atoms with Gasteiger partial charge >= 0.3 is 0 Å². The van der Waals surface area contributed by atoms with Gasteiger partial charge in [-0.3, -0.25) is 10.1 Å². The van der Waals surface area contributed by atoms with Gasteiger partial charge in [-0.15, -0.1) is 0 Å². The number of hydrogen-bond acceptors (Lipinski definition) is 4. The van der Waals surface area contributed by atoms with Gasteiger partial charge in [-0.25, -0.2) is 0 Å². The van der Waals surface area contributed by atoms with Crippen molar-refractivity contribution in [2.45, 2.75) is 18.4 Å². The number of anilines is 1. The molecule has 4 rings (SSSR count). The van der Waals surface area contributed by atoms with Crippen LogP contribution in [0.1, 0.15) is 29.5 Å². The number of nitrogens with zero attached hydrogens (tertiary/aromatic N) is 1. The Hall–Kier alpha value is -2.53. The average molecular weight is 357 g/mol. The van der Waals surface area contributed by atoms with Crippen LogP contribution in [0.4, 0.5) is 11.4 Å². The minimum atomic E-state index is -0.359. The number of nitro groups is 1. The number of allylic oxidation sites excluding steroid dienone is 2. The van der Waals surface area contributed by atoms with Crippen LogP contribution in [0.15, 0.2) is 48.6 Å². The van der Waals surface area contributed by atoms with Gasteiger partial charge in [-0.05, 0) is 30.0 Å². The molecule has 1 aliphatic carbocycles. The molecule has 0 unspecified atom stereocenters. The summed E-state index contributed by atoms with van der Waals surface area (Å²) in [5, 5.41) is 15.4. The Morgan fingerprint density at radius 3 is 2.92 bits per heavy atom. The van der Waals surface area contributed by atoms with E-state index in [0.717, 1.165) is 29.0 Å². The van der Waals surface area contributed by atoms with Crippen molar-refractivity contribution in [2.24, 2.45) is 5.92 Å². The number of hydrogen-bond donors (Lipinski definition) is 1. The van der Waals surface area contributed by atoms with Crippen LogP contribution in [-0.2, 0) is 0 Å². The van der Waals surface area contributed by atoms with Crippen molar-refractivity contribution in [3.05, 3.63) is 74.8 Å². The molecule has 0 spiro atoms. The van der Waals surface area contributed by atoms with E-state index >= 15 is 0 Å². The second kappa shape index (κ2) is 6.08. The number of ether oxygens (including phenoxy) is 1. The highest BCUT2D eigenvalue weighted by molar-refractivity contribution is 6.32. The smallest absolute Gasteiger partial charge is 0.269 e. The summed E-state index contributed by atoms with van der Waals surface area (Å²) in [4.78, 5) is 10.8. The molecule has 1 N–H and O–H groups in total. The Bertz CT molecular complexity index is 881. The standard InChI is InChI=1S/C19H17ClN2O3/c1-25-16-9-8-15(20)17-13-6-3-7-14(13)18(21-19(16)17)11-4-2-5-12(10-11)22(23)24/h2-6,8-10,13-14,18,21H,7H2,1H3/t13-,14+,18+/m1/s1. The van der Waals surface area contributed by atoms with Crippen LogP contribution in [0, 0.1) is 16.0 Å². The number of nitrogens with one attached hydrogen (secondary N) is 1. The molecule has 0 aromatic heterocycles. The normalized spacial score (nSPS) is 23.5.